The quantitative estimate of drug-likeness (QED) is 0.448. The fourth-order valence-electron chi connectivity index (χ4n) is 0.289. The minimum absolute atomic E-state index is 0. The molecule has 0 unspecified atom stereocenters. The van der Waals surface area contributed by atoms with Gasteiger partial charge in [0.15, 0.2) is 0 Å². The van der Waals surface area contributed by atoms with Crippen LogP contribution < -0.4 is 0 Å². The molecule has 0 saturated carbocycles. The normalized spacial score (nSPS) is 6.80. The van der Waals surface area contributed by atoms with Crippen LogP contribution in [0.3, 0.4) is 0 Å². The maximum absolute atomic E-state index is 2.25. The van der Waals surface area contributed by atoms with E-state index in [9.17, 15) is 0 Å². The number of rotatable bonds is 2. The monoisotopic (exact) mass is 86.1 g/mol. The van der Waals surface area contributed by atoms with Gasteiger partial charge in [-0.1, -0.05) is 0 Å². The Morgan fingerprint density at radius 1 is 1.40 bits per heavy atom. The van der Waals surface area contributed by atoms with Crippen LogP contribution in [0.5, 0.6) is 0 Å². The van der Waals surface area contributed by atoms with Gasteiger partial charge < -0.3 is 1.43 Å². The minimum atomic E-state index is 0. The Kier molecular flexibility index (Phi) is 5.02. The molecule has 0 amide bonds. The van der Waals surface area contributed by atoms with E-state index in [1.54, 1.807) is 0 Å². The molecule has 0 nitrogen and oxygen atoms in total. The van der Waals surface area contributed by atoms with E-state index >= 15 is 0 Å². The molecular formula is C4H11Al. The number of hydrogen-bond donors (Lipinski definition) is 0. The van der Waals surface area contributed by atoms with Crippen LogP contribution in [-0.2, 0) is 0 Å². The molecule has 0 aromatic rings. The van der Waals surface area contributed by atoms with E-state index in [-0.39, 0.29) is 1.43 Å². The van der Waals surface area contributed by atoms with Crippen molar-refractivity contribution in [3.05, 3.63) is 0 Å². The summed E-state index contributed by atoms with van der Waals surface area (Å²) in [6.45, 7) is 4.50. The molecule has 5 heavy (non-hydrogen) atoms. The molecule has 0 aliphatic heterocycles. The fourth-order valence-corrected chi connectivity index (χ4v) is 0.866. The Hall–Kier alpha value is 0.532. The SMILES string of the molecule is C[CH2][Al+][CH2]C.[H-]. The molecule has 0 radical (unpaired) electrons. The first kappa shape index (κ1) is 5.53. The summed E-state index contributed by atoms with van der Waals surface area (Å²) in [5, 5.41) is 2.85. The van der Waals surface area contributed by atoms with Gasteiger partial charge in [0.2, 0.25) is 0 Å². The van der Waals surface area contributed by atoms with Crippen LogP contribution in [0.1, 0.15) is 15.3 Å². The molecule has 0 aliphatic carbocycles. The molecule has 1 heteroatoms. The summed E-state index contributed by atoms with van der Waals surface area (Å²) in [6, 6.07) is 0. The molecule has 0 fully saturated rings. The van der Waals surface area contributed by atoms with Crippen LogP contribution in [0.15, 0.2) is 0 Å². The van der Waals surface area contributed by atoms with Gasteiger partial charge >= 0.3 is 39.6 Å². The molecule has 0 saturated heterocycles. The Balaban J connectivity index is 0. The van der Waals surface area contributed by atoms with Crippen molar-refractivity contribution in [1.29, 1.82) is 0 Å². The van der Waals surface area contributed by atoms with Gasteiger partial charge in [0.05, 0.1) is 0 Å². The van der Waals surface area contributed by atoms with Crippen LogP contribution in [0.25, 0.3) is 0 Å². The Morgan fingerprint density at radius 2 is 1.80 bits per heavy atom. The standard InChI is InChI=1S/2C2H5.Al.H/c2*1-2;;/h2*1H2,2H3;;/q;;+1;-1. The van der Waals surface area contributed by atoms with E-state index in [2.05, 4.69) is 13.8 Å². The maximum Gasteiger partial charge on any atom is -1.00 e. The molecule has 0 bridgehead atoms. The molecule has 0 spiro atoms. The van der Waals surface area contributed by atoms with E-state index < -0.39 is 0 Å². The smallest absolute Gasteiger partial charge is 1.00 e. The van der Waals surface area contributed by atoms with Crippen LogP contribution in [0.2, 0.25) is 10.6 Å². The molecule has 0 heterocycles. The minimum Gasteiger partial charge on any atom is -1.00 e. The van der Waals surface area contributed by atoms with E-state index in [1.807, 2.05) is 0 Å². The maximum atomic E-state index is 2.25. The van der Waals surface area contributed by atoms with Gasteiger partial charge in [0.1, 0.15) is 0 Å². The van der Waals surface area contributed by atoms with E-state index in [1.165, 1.54) is 10.6 Å². The first-order chi connectivity index (χ1) is 2.41. The summed E-state index contributed by atoms with van der Waals surface area (Å²) in [5.41, 5.74) is 0. The molecule has 0 rings (SSSR count). The average molecular weight is 86.1 g/mol. The van der Waals surface area contributed by atoms with Gasteiger partial charge in [0, 0.05) is 0 Å². The van der Waals surface area contributed by atoms with Crippen molar-refractivity contribution in [2.24, 2.45) is 0 Å². The van der Waals surface area contributed by atoms with Crippen molar-refractivity contribution >= 4 is 15.2 Å². The zero-order valence-corrected chi connectivity index (χ0v) is 5.15. The zero-order chi connectivity index (χ0) is 4.12. The average Bonchev–Trinajstić information content (AvgIpc) is 1.41. The molecule has 0 aromatic carbocycles. The van der Waals surface area contributed by atoms with E-state index in [0.29, 0.717) is 0 Å². The first-order valence-corrected chi connectivity index (χ1v) is 3.86. The predicted octanol–water partition coefficient (Wildman–Crippen LogP) is 1.68. The van der Waals surface area contributed by atoms with Gasteiger partial charge in [-0.05, 0) is 0 Å². The largest absolute Gasteiger partial charge is 1.00 e. The fraction of sp³-hybridized carbons (Fsp3) is 1.00. The van der Waals surface area contributed by atoms with Crippen molar-refractivity contribution in [3.63, 3.8) is 0 Å². The molecule has 30 valence electrons. The van der Waals surface area contributed by atoms with Gasteiger partial charge in [-0.3, -0.25) is 0 Å². The van der Waals surface area contributed by atoms with Gasteiger partial charge in [-0.25, -0.2) is 0 Å². The molecule has 0 N–H and O–H groups in total. The third kappa shape index (κ3) is 4.53. The second kappa shape index (κ2) is 4.53. The summed E-state index contributed by atoms with van der Waals surface area (Å²) < 4.78 is 0. The molecular weight excluding hydrogens is 75.0 g/mol. The van der Waals surface area contributed by atoms with Gasteiger partial charge in [-0.15, -0.1) is 0 Å². The topological polar surface area (TPSA) is 0 Å². The van der Waals surface area contributed by atoms with Gasteiger partial charge in [0.25, 0.3) is 0 Å². The molecule has 0 aromatic heterocycles. The third-order valence-corrected chi connectivity index (χ3v) is 1.73. The summed E-state index contributed by atoms with van der Waals surface area (Å²) in [4.78, 5) is 0. The number of hydrogen-bond acceptors (Lipinski definition) is 0. The Bertz CT molecular complexity index is 15.0. The second-order valence-corrected chi connectivity index (χ2v) is 3.32. The van der Waals surface area contributed by atoms with Crippen molar-refractivity contribution in [2.45, 2.75) is 24.4 Å². The molecule has 0 aliphatic rings. The first-order valence-electron chi connectivity index (χ1n) is 2.23. The predicted molar refractivity (Wildman–Crippen MR) is 27.8 cm³/mol. The van der Waals surface area contributed by atoms with Crippen LogP contribution >= 0.6 is 0 Å². The van der Waals surface area contributed by atoms with Gasteiger partial charge in [-0.2, -0.15) is 0 Å². The van der Waals surface area contributed by atoms with Crippen molar-refractivity contribution in [1.82, 2.24) is 0 Å². The van der Waals surface area contributed by atoms with E-state index in [4.69, 9.17) is 0 Å². The summed E-state index contributed by atoms with van der Waals surface area (Å²) >= 11 is 0.815. The van der Waals surface area contributed by atoms with Crippen molar-refractivity contribution in [3.8, 4) is 0 Å². The summed E-state index contributed by atoms with van der Waals surface area (Å²) in [6.07, 6.45) is 0. The van der Waals surface area contributed by atoms with E-state index in [0.717, 1.165) is 15.2 Å². The second-order valence-electron chi connectivity index (χ2n) is 1.11. The van der Waals surface area contributed by atoms with Crippen LogP contribution in [-0.4, -0.2) is 15.2 Å². The van der Waals surface area contributed by atoms with Crippen molar-refractivity contribution in [2.75, 3.05) is 0 Å². The summed E-state index contributed by atoms with van der Waals surface area (Å²) in [5.74, 6) is 0. The van der Waals surface area contributed by atoms with Crippen molar-refractivity contribution < 1.29 is 1.43 Å². The van der Waals surface area contributed by atoms with Crippen LogP contribution in [0, 0.1) is 0 Å². The van der Waals surface area contributed by atoms with Crippen LogP contribution in [0.4, 0.5) is 0 Å². The Morgan fingerprint density at radius 3 is 1.80 bits per heavy atom. The third-order valence-electron chi connectivity index (χ3n) is 0.577. The summed E-state index contributed by atoms with van der Waals surface area (Å²) in [7, 11) is 0. The zero-order valence-electron chi connectivity index (χ0n) is 4.99. The molecule has 0 atom stereocenters. The Labute approximate surface area is 41.8 Å².